The number of amides is 2. The second-order valence-electron chi connectivity index (χ2n) is 8.15. The lowest BCUT2D eigenvalue weighted by Crippen LogP contribution is -2.52. The lowest BCUT2D eigenvalue weighted by Gasteiger charge is -2.37. The zero-order chi connectivity index (χ0) is 23.9. The molecule has 0 bridgehead atoms. The van der Waals surface area contributed by atoms with E-state index >= 15 is 0 Å². The molecule has 0 spiro atoms. The largest absolute Gasteiger partial charge is 0.459 e. The summed E-state index contributed by atoms with van der Waals surface area (Å²) >= 11 is 6.79. The van der Waals surface area contributed by atoms with Crippen molar-refractivity contribution in [2.45, 2.75) is 31.5 Å². The molecule has 2 heterocycles. The van der Waals surface area contributed by atoms with E-state index < -0.39 is 18.1 Å². The smallest absolute Gasteiger partial charge is 0.410 e. The maximum atomic E-state index is 12.7. The lowest BCUT2D eigenvalue weighted by atomic mass is 10.0. The molecule has 2 aromatic rings. The van der Waals surface area contributed by atoms with Crippen LogP contribution in [0.3, 0.4) is 0 Å². The SMILES string of the molecule is O=C(OCc1ccccc1)C1COC(=O)N1C1CCN(C(=O)CSC(=S)c2ccccc2)CC1. The third-order valence-corrected chi connectivity index (χ3v) is 7.43. The number of nitrogens with zero attached hydrogens (tertiary/aromatic N) is 2. The summed E-state index contributed by atoms with van der Waals surface area (Å²) in [5.74, 6) is -0.179. The minimum Gasteiger partial charge on any atom is -0.459 e. The molecule has 0 aliphatic carbocycles. The zero-order valence-electron chi connectivity index (χ0n) is 18.6. The minimum atomic E-state index is -0.762. The number of thiocarbonyl (C=S) groups is 1. The summed E-state index contributed by atoms with van der Waals surface area (Å²) in [5, 5.41) is 0. The van der Waals surface area contributed by atoms with Crippen LogP contribution in [0.1, 0.15) is 24.0 Å². The maximum Gasteiger partial charge on any atom is 0.410 e. The number of hydrogen-bond donors (Lipinski definition) is 0. The van der Waals surface area contributed by atoms with Gasteiger partial charge in [-0.05, 0) is 24.0 Å². The molecule has 7 nitrogen and oxygen atoms in total. The van der Waals surface area contributed by atoms with Crippen LogP contribution in [-0.2, 0) is 25.7 Å². The van der Waals surface area contributed by atoms with E-state index in [4.69, 9.17) is 21.7 Å². The van der Waals surface area contributed by atoms with Crippen LogP contribution in [0.5, 0.6) is 0 Å². The molecular weight excluding hydrogens is 472 g/mol. The number of hydrogen-bond acceptors (Lipinski definition) is 7. The highest BCUT2D eigenvalue weighted by molar-refractivity contribution is 8.24. The molecule has 0 N–H and O–H groups in total. The van der Waals surface area contributed by atoms with E-state index in [0.717, 1.165) is 11.1 Å². The summed E-state index contributed by atoms with van der Waals surface area (Å²) in [5.41, 5.74) is 1.82. The van der Waals surface area contributed by atoms with Crippen LogP contribution in [0.2, 0.25) is 0 Å². The van der Waals surface area contributed by atoms with Gasteiger partial charge in [0.1, 0.15) is 13.2 Å². The van der Waals surface area contributed by atoms with Gasteiger partial charge in [0.15, 0.2) is 6.04 Å². The summed E-state index contributed by atoms with van der Waals surface area (Å²) in [6.45, 7) is 1.16. The average molecular weight is 499 g/mol. The Kier molecular flexibility index (Phi) is 8.18. The number of carbonyl (C=O) groups is 3. The number of cyclic esters (lactones) is 1. The van der Waals surface area contributed by atoms with Crippen LogP contribution < -0.4 is 0 Å². The second kappa shape index (κ2) is 11.5. The maximum absolute atomic E-state index is 12.7. The molecule has 1 unspecified atom stereocenters. The lowest BCUT2D eigenvalue weighted by molar-refractivity contribution is -0.150. The Labute approximate surface area is 208 Å². The molecule has 1 atom stereocenters. The Balaban J connectivity index is 1.26. The van der Waals surface area contributed by atoms with Crippen LogP contribution in [0, 0.1) is 0 Å². The highest BCUT2D eigenvalue weighted by atomic mass is 32.2. The fourth-order valence-electron chi connectivity index (χ4n) is 4.11. The molecule has 2 saturated heterocycles. The Bertz CT molecular complexity index is 1030. The van der Waals surface area contributed by atoms with E-state index in [1.807, 2.05) is 60.7 Å². The van der Waals surface area contributed by atoms with Crippen LogP contribution in [-0.4, -0.2) is 69.5 Å². The van der Waals surface area contributed by atoms with Gasteiger partial charge in [-0.15, -0.1) is 11.8 Å². The molecule has 2 aliphatic heterocycles. The topological polar surface area (TPSA) is 76.2 Å². The second-order valence-corrected chi connectivity index (χ2v) is 9.80. The average Bonchev–Trinajstić information content (AvgIpc) is 3.28. The van der Waals surface area contributed by atoms with Gasteiger partial charge < -0.3 is 14.4 Å². The van der Waals surface area contributed by atoms with E-state index in [-0.39, 0.29) is 30.9 Å². The van der Waals surface area contributed by atoms with E-state index in [1.165, 1.54) is 16.7 Å². The van der Waals surface area contributed by atoms with Crippen molar-refractivity contribution in [3.05, 3.63) is 71.8 Å². The van der Waals surface area contributed by atoms with Gasteiger partial charge in [-0.3, -0.25) is 9.69 Å². The first-order valence-corrected chi connectivity index (χ1v) is 12.6. The van der Waals surface area contributed by atoms with Crippen LogP contribution in [0.15, 0.2) is 60.7 Å². The molecular formula is C25H26N2O5S2. The Morgan fingerprint density at radius 2 is 1.68 bits per heavy atom. The van der Waals surface area contributed by atoms with Crippen molar-refractivity contribution in [1.29, 1.82) is 0 Å². The molecule has 9 heteroatoms. The first-order valence-electron chi connectivity index (χ1n) is 11.2. The molecule has 0 saturated carbocycles. The third kappa shape index (κ3) is 5.95. The standard InChI is InChI=1S/C25H26N2O5S2/c28-22(17-34-24(33)19-9-5-2-6-10-19)26-13-11-20(12-14-26)27-21(16-32-25(27)30)23(29)31-15-18-7-3-1-4-8-18/h1-10,20-21H,11-17H2. The van der Waals surface area contributed by atoms with Gasteiger partial charge in [0, 0.05) is 19.1 Å². The molecule has 0 aromatic heterocycles. The molecule has 4 rings (SSSR count). The minimum absolute atomic E-state index is 0.0147. The Morgan fingerprint density at radius 3 is 2.35 bits per heavy atom. The number of thioether (sulfide) groups is 1. The van der Waals surface area contributed by atoms with Crippen molar-refractivity contribution < 1.29 is 23.9 Å². The molecule has 0 radical (unpaired) electrons. The molecule has 2 aliphatic rings. The number of ether oxygens (including phenoxy) is 2. The normalized spacial score (nSPS) is 18.5. The fourth-order valence-corrected chi connectivity index (χ4v) is 5.16. The third-order valence-electron chi connectivity index (χ3n) is 5.95. The first-order chi connectivity index (χ1) is 16.5. The van der Waals surface area contributed by atoms with Crippen molar-refractivity contribution in [2.75, 3.05) is 25.4 Å². The number of esters is 1. The van der Waals surface area contributed by atoms with E-state index in [2.05, 4.69) is 0 Å². The van der Waals surface area contributed by atoms with Gasteiger partial charge in [0.2, 0.25) is 5.91 Å². The highest BCUT2D eigenvalue weighted by Gasteiger charge is 2.44. The van der Waals surface area contributed by atoms with Crippen LogP contribution >= 0.6 is 24.0 Å². The van der Waals surface area contributed by atoms with Crippen molar-refractivity contribution in [1.82, 2.24) is 9.80 Å². The van der Waals surface area contributed by atoms with Gasteiger partial charge in [0.05, 0.1) is 9.95 Å². The van der Waals surface area contributed by atoms with Crippen LogP contribution in [0.25, 0.3) is 0 Å². The monoisotopic (exact) mass is 498 g/mol. The molecule has 2 aromatic carbocycles. The first kappa shape index (κ1) is 24.2. The zero-order valence-corrected chi connectivity index (χ0v) is 20.3. The molecule has 2 fully saturated rings. The summed E-state index contributed by atoms with van der Waals surface area (Å²) in [7, 11) is 0. The number of likely N-dealkylation sites (tertiary alicyclic amines) is 1. The van der Waals surface area contributed by atoms with Crippen LogP contribution in [0.4, 0.5) is 4.79 Å². The Hall–Kier alpha value is -2.91. The summed E-state index contributed by atoms with van der Waals surface area (Å²) in [6.07, 6.45) is 0.656. The molecule has 34 heavy (non-hydrogen) atoms. The van der Waals surface area contributed by atoms with Gasteiger partial charge >= 0.3 is 12.1 Å². The van der Waals surface area contributed by atoms with E-state index in [0.29, 0.717) is 30.1 Å². The summed E-state index contributed by atoms with van der Waals surface area (Å²) < 4.78 is 11.3. The molecule has 178 valence electrons. The van der Waals surface area contributed by atoms with E-state index in [9.17, 15) is 14.4 Å². The van der Waals surface area contributed by atoms with Gasteiger partial charge in [-0.25, -0.2) is 9.59 Å². The van der Waals surface area contributed by atoms with Crippen molar-refractivity contribution in [3.63, 3.8) is 0 Å². The Morgan fingerprint density at radius 1 is 1.03 bits per heavy atom. The van der Waals surface area contributed by atoms with Crippen molar-refractivity contribution in [3.8, 4) is 0 Å². The highest BCUT2D eigenvalue weighted by Crippen LogP contribution is 2.25. The fraction of sp³-hybridized carbons (Fsp3) is 0.360. The molecule has 2 amide bonds. The number of benzene rings is 2. The quantitative estimate of drug-likeness (QED) is 0.426. The summed E-state index contributed by atoms with van der Waals surface area (Å²) in [4.78, 5) is 41.0. The van der Waals surface area contributed by atoms with Crippen molar-refractivity contribution >= 4 is 46.1 Å². The number of carbonyl (C=O) groups excluding carboxylic acids is 3. The predicted octanol–water partition coefficient (Wildman–Crippen LogP) is 3.65. The van der Waals surface area contributed by atoms with Crippen molar-refractivity contribution in [2.24, 2.45) is 0 Å². The van der Waals surface area contributed by atoms with E-state index in [1.54, 1.807) is 4.90 Å². The summed E-state index contributed by atoms with van der Waals surface area (Å²) in [6, 6.07) is 18.1. The predicted molar refractivity (Wildman–Crippen MR) is 133 cm³/mol. The van der Waals surface area contributed by atoms with Gasteiger partial charge in [-0.2, -0.15) is 0 Å². The number of rotatable bonds is 7. The van der Waals surface area contributed by atoms with Gasteiger partial charge in [-0.1, -0.05) is 72.9 Å². The van der Waals surface area contributed by atoms with Gasteiger partial charge in [0.25, 0.3) is 0 Å². The number of piperidine rings is 1.